The van der Waals surface area contributed by atoms with Gasteiger partial charge in [0.2, 0.25) is 0 Å². The Kier molecular flexibility index (Phi) is 4.31. The zero-order valence-corrected chi connectivity index (χ0v) is 13.9. The molecule has 1 aliphatic heterocycles. The second kappa shape index (κ2) is 6.11. The van der Waals surface area contributed by atoms with Gasteiger partial charge in [-0.1, -0.05) is 0 Å². The first-order chi connectivity index (χ1) is 10.8. The number of carbonyl (C=O) groups is 1. The average molecular weight is 340 g/mol. The summed E-state index contributed by atoms with van der Waals surface area (Å²) in [6.45, 7) is 2.17. The van der Waals surface area contributed by atoms with Crippen LogP contribution in [0, 0.1) is 18.7 Å². The fourth-order valence-corrected chi connectivity index (χ4v) is 4.89. The van der Waals surface area contributed by atoms with E-state index >= 15 is 0 Å². The van der Waals surface area contributed by atoms with Crippen LogP contribution in [0.5, 0.6) is 0 Å². The molecule has 7 heteroatoms. The standard InChI is InChI=1S/C16H21FN2O3S/c1-11-7-13(17)9-14(8-11)18-16(20)19-5-2-6-23(21,22)10-15(19)12-3-4-12/h7-9,12,15H,2-6,10H2,1H3,(H,18,20). The van der Waals surface area contributed by atoms with Crippen LogP contribution in [0.25, 0.3) is 0 Å². The Morgan fingerprint density at radius 1 is 1.30 bits per heavy atom. The summed E-state index contributed by atoms with van der Waals surface area (Å²) >= 11 is 0. The van der Waals surface area contributed by atoms with Crippen LogP contribution in [0.15, 0.2) is 18.2 Å². The van der Waals surface area contributed by atoms with Crippen molar-refractivity contribution < 1.29 is 17.6 Å². The third-order valence-corrected chi connectivity index (χ3v) is 6.16. The molecule has 1 aromatic rings. The molecule has 1 N–H and O–H groups in total. The van der Waals surface area contributed by atoms with Crippen LogP contribution in [0.4, 0.5) is 14.9 Å². The molecule has 126 valence electrons. The fraction of sp³-hybridized carbons (Fsp3) is 0.562. The van der Waals surface area contributed by atoms with Gasteiger partial charge in [-0.25, -0.2) is 17.6 Å². The van der Waals surface area contributed by atoms with E-state index < -0.39 is 15.7 Å². The number of nitrogens with one attached hydrogen (secondary N) is 1. The lowest BCUT2D eigenvalue weighted by Crippen LogP contribution is -2.46. The Labute approximate surface area is 135 Å². The highest BCUT2D eigenvalue weighted by Gasteiger charge is 2.41. The van der Waals surface area contributed by atoms with Crippen molar-refractivity contribution in [1.29, 1.82) is 0 Å². The SMILES string of the molecule is Cc1cc(F)cc(NC(=O)N2CCCS(=O)(=O)CC2C2CC2)c1. The van der Waals surface area contributed by atoms with Gasteiger partial charge in [-0.2, -0.15) is 0 Å². The fourth-order valence-electron chi connectivity index (χ4n) is 3.18. The number of amides is 2. The number of sulfone groups is 1. The van der Waals surface area contributed by atoms with Crippen LogP contribution >= 0.6 is 0 Å². The molecule has 1 atom stereocenters. The lowest BCUT2D eigenvalue weighted by molar-refractivity contribution is 0.188. The van der Waals surface area contributed by atoms with Crippen LogP contribution < -0.4 is 5.32 Å². The van der Waals surface area contributed by atoms with E-state index in [0.717, 1.165) is 18.4 Å². The summed E-state index contributed by atoms with van der Waals surface area (Å²) in [5.74, 6) is 0.0205. The normalized spacial score (nSPS) is 24.1. The first-order valence-corrected chi connectivity index (χ1v) is 9.71. The molecule has 2 aliphatic rings. The molecule has 0 bridgehead atoms. The van der Waals surface area contributed by atoms with Crippen LogP contribution in [-0.2, 0) is 9.84 Å². The monoisotopic (exact) mass is 340 g/mol. The van der Waals surface area contributed by atoms with Crippen molar-refractivity contribution in [2.45, 2.75) is 32.2 Å². The minimum absolute atomic E-state index is 0.0350. The van der Waals surface area contributed by atoms with E-state index in [1.807, 2.05) is 0 Å². The van der Waals surface area contributed by atoms with E-state index in [-0.39, 0.29) is 29.5 Å². The van der Waals surface area contributed by atoms with Gasteiger partial charge in [0.1, 0.15) is 5.82 Å². The summed E-state index contributed by atoms with van der Waals surface area (Å²) in [7, 11) is -3.11. The molecule has 1 heterocycles. The minimum Gasteiger partial charge on any atom is -0.320 e. The second-order valence-corrected chi connectivity index (χ2v) is 8.74. The zero-order valence-electron chi connectivity index (χ0n) is 13.1. The number of carbonyl (C=O) groups excluding carboxylic acids is 1. The molecule has 3 rings (SSSR count). The lowest BCUT2D eigenvalue weighted by atomic mass is 10.1. The van der Waals surface area contributed by atoms with Gasteiger partial charge in [0.25, 0.3) is 0 Å². The number of rotatable bonds is 2. The number of aryl methyl sites for hydroxylation is 1. The third kappa shape index (κ3) is 4.02. The molecule has 0 aromatic heterocycles. The van der Waals surface area contributed by atoms with Gasteiger partial charge >= 0.3 is 6.03 Å². The van der Waals surface area contributed by atoms with Crippen LogP contribution in [0.3, 0.4) is 0 Å². The van der Waals surface area contributed by atoms with E-state index in [9.17, 15) is 17.6 Å². The maximum absolute atomic E-state index is 13.5. The maximum atomic E-state index is 13.5. The molecule has 2 fully saturated rings. The van der Waals surface area contributed by atoms with Crippen LogP contribution in [-0.4, -0.2) is 43.4 Å². The summed E-state index contributed by atoms with van der Waals surface area (Å²) < 4.78 is 37.5. The Bertz CT molecular complexity index is 696. The van der Waals surface area contributed by atoms with Crippen molar-refractivity contribution in [1.82, 2.24) is 4.90 Å². The molecule has 1 saturated heterocycles. The molecular weight excluding hydrogens is 319 g/mol. The van der Waals surface area contributed by atoms with Gasteiger partial charge in [0.15, 0.2) is 9.84 Å². The lowest BCUT2D eigenvalue weighted by Gasteiger charge is -2.29. The number of hydrogen-bond acceptors (Lipinski definition) is 3. The molecule has 2 amide bonds. The van der Waals surface area contributed by atoms with Gasteiger partial charge in [0, 0.05) is 12.2 Å². The highest BCUT2D eigenvalue weighted by molar-refractivity contribution is 7.91. The van der Waals surface area contributed by atoms with Crippen molar-refractivity contribution in [3.05, 3.63) is 29.6 Å². The quantitative estimate of drug-likeness (QED) is 0.900. The Balaban J connectivity index is 1.78. The predicted octanol–water partition coefficient (Wildman–Crippen LogP) is 2.57. The second-order valence-electron chi connectivity index (χ2n) is 6.51. The molecule has 1 aromatic carbocycles. The number of anilines is 1. The smallest absolute Gasteiger partial charge is 0.320 e. The predicted molar refractivity (Wildman–Crippen MR) is 86.6 cm³/mol. The van der Waals surface area contributed by atoms with Crippen molar-refractivity contribution >= 4 is 21.6 Å². The van der Waals surface area contributed by atoms with Crippen LogP contribution in [0.1, 0.15) is 24.8 Å². The summed E-state index contributed by atoms with van der Waals surface area (Å²) in [5, 5.41) is 2.71. The zero-order chi connectivity index (χ0) is 16.6. The van der Waals surface area contributed by atoms with Gasteiger partial charge in [-0.05, 0) is 55.9 Å². The largest absolute Gasteiger partial charge is 0.322 e. The molecule has 1 aliphatic carbocycles. The van der Waals surface area contributed by atoms with Gasteiger partial charge in [-0.15, -0.1) is 0 Å². The van der Waals surface area contributed by atoms with Crippen molar-refractivity contribution in [3.8, 4) is 0 Å². The first-order valence-electron chi connectivity index (χ1n) is 7.89. The highest BCUT2D eigenvalue weighted by Crippen LogP contribution is 2.37. The minimum atomic E-state index is -3.11. The Hall–Kier alpha value is -1.63. The topological polar surface area (TPSA) is 66.5 Å². The number of benzene rings is 1. The van der Waals surface area contributed by atoms with Crippen molar-refractivity contribution in [2.24, 2.45) is 5.92 Å². The molecule has 0 radical (unpaired) electrons. The van der Waals surface area contributed by atoms with Gasteiger partial charge < -0.3 is 10.2 Å². The van der Waals surface area contributed by atoms with Crippen LogP contribution in [0.2, 0.25) is 0 Å². The van der Waals surface area contributed by atoms with Crippen molar-refractivity contribution in [2.75, 3.05) is 23.4 Å². The molecule has 1 saturated carbocycles. The maximum Gasteiger partial charge on any atom is 0.322 e. The van der Waals surface area contributed by atoms with E-state index in [1.165, 1.54) is 12.1 Å². The Morgan fingerprint density at radius 2 is 2.04 bits per heavy atom. The number of urea groups is 1. The Morgan fingerprint density at radius 3 is 2.70 bits per heavy atom. The summed E-state index contributed by atoms with van der Waals surface area (Å²) in [6, 6.07) is 3.75. The molecule has 23 heavy (non-hydrogen) atoms. The number of halogens is 1. The summed E-state index contributed by atoms with van der Waals surface area (Å²) in [4.78, 5) is 14.2. The summed E-state index contributed by atoms with van der Waals surface area (Å²) in [5.41, 5.74) is 1.12. The number of hydrogen-bond donors (Lipinski definition) is 1. The molecular formula is C16H21FN2O3S. The van der Waals surface area contributed by atoms with Gasteiger partial charge in [0.05, 0.1) is 17.5 Å². The van der Waals surface area contributed by atoms with E-state index in [0.29, 0.717) is 18.7 Å². The first kappa shape index (κ1) is 16.2. The molecule has 0 spiro atoms. The molecule has 1 unspecified atom stereocenters. The van der Waals surface area contributed by atoms with Gasteiger partial charge in [-0.3, -0.25) is 0 Å². The summed E-state index contributed by atoms with van der Waals surface area (Å²) in [6.07, 6.45) is 2.37. The average Bonchev–Trinajstić information content (AvgIpc) is 3.23. The third-order valence-electron chi connectivity index (χ3n) is 4.40. The van der Waals surface area contributed by atoms with E-state index in [1.54, 1.807) is 17.9 Å². The van der Waals surface area contributed by atoms with E-state index in [4.69, 9.17) is 0 Å². The molecule has 5 nitrogen and oxygen atoms in total. The van der Waals surface area contributed by atoms with E-state index in [2.05, 4.69) is 5.32 Å². The van der Waals surface area contributed by atoms with Crippen molar-refractivity contribution in [3.63, 3.8) is 0 Å². The highest BCUT2D eigenvalue weighted by atomic mass is 32.2. The number of nitrogens with zero attached hydrogens (tertiary/aromatic N) is 1.